The molecule has 0 fully saturated rings. The van der Waals surface area contributed by atoms with Gasteiger partial charge in [-0.3, -0.25) is 4.79 Å². The predicted octanol–water partition coefficient (Wildman–Crippen LogP) is 1.83. The Morgan fingerprint density at radius 2 is 2.19 bits per heavy atom. The van der Waals surface area contributed by atoms with Crippen molar-refractivity contribution in [2.24, 2.45) is 7.05 Å². The van der Waals surface area contributed by atoms with Crippen LogP contribution in [0.1, 0.15) is 22.2 Å². The van der Waals surface area contributed by atoms with Crippen molar-refractivity contribution >= 4 is 23.2 Å². The first-order valence-corrected chi connectivity index (χ1v) is 9.02. The Bertz CT molecular complexity index is 908. The number of nitrogens with one attached hydrogen (secondary N) is 1. The third kappa shape index (κ3) is 3.17. The van der Waals surface area contributed by atoms with Gasteiger partial charge in [0, 0.05) is 18.5 Å². The zero-order valence-electron chi connectivity index (χ0n) is 14.1. The van der Waals surface area contributed by atoms with Crippen molar-refractivity contribution in [1.82, 2.24) is 24.8 Å². The molecule has 134 valence electrons. The number of rotatable bonds is 4. The molecule has 0 aromatic carbocycles. The van der Waals surface area contributed by atoms with E-state index in [4.69, 9.17) is 0 Å². The molecule has 0 spiro atoms. The third-order valence-corrected chi connectivity index (χ3v) is 5.24. The molecular weight excluding hydrogens is 355 g/mol. The van der Waals surface area contributed by atoms with Crippen LogP contribution in [0.25, 0.3) is 0 Å². The van der Waals surface area contributed by atoms with Crippen LogP contribution in [0, 0.1) is 5.82 Å². The zero-order valence-corrected chi connectivity index (χ0v) is 14.9. The third-order valence-electron chi connectivity index (χ3n) is 4.36. The van der Waals surface area contributed by atoms with Gasteiger partial charge < -0.3 is 14.8 Å². The summed E-state index contributed by atoms with van der Waals surface area (Å²) in [5.74, 6) is -0.580. The molecule has 4 rings (SSSR count). The van der Waals surface area contributed by atoms with E-state index in [-0.39, 0.29) is 5.91 Å². The Kier molecular flexibility index (Phi) is 4.37. The molecule has 3 aromatic heterocycles. The number of amides is 1. The fourth-order valence-electron chi connectivity index (χ4n) is 3.15. The van der Waals surface area contributed by atoms with Crippen molar-refractivity contribution in [3.8, 4) is 0 Å². The van der Waals surface area contributed by atoms with Crippen molar-refractivity contribution in [1.29, 1.82) is 0 Å². The molecule has 9 heteroatoms. The van der Waals surface area contributed by atoms with E-state index >= 15 is 0 Å². The Balaban J connectivity index is 1.58. The van der Waals surface area contributed by atoms with E-state index in [0.717, 1.165) is 28.7 Å². The van der Waals surface area contributed by atoms with Crippen molar-refractivity contribution in [3.63, 3.8) is 0 Å². The zero-order chi connectivity index (χ0) is 18.1. The minimum Gasteiger partial charge on any atom is -0.351 e. The van der Waals surface area contributed by atoms with Crippen LogP contribution in [0.2, 0.25) is 0 Å². The molecule has 0 aliphatic carbocycles. The standard InChI is InChI=1S/C17H17FN6OS/c1-23-10-22-14-9-24(17-20-5-11(18)6-21-17)8-13(15(14)23)16(25)19-7-12-3-2-4-26-12/h2-6,10,13H,7-9H2,1H3,(H,19,25)/t13-/m0/s1. The van der Waals surface area contributed by atoms with E-state index in [1.807, 2.05) is 34.0 Å². The van der Waals surface area contributed by atoms with Gasteiger partial charge in [-0.15, -0.1) is 11.3 Å². The van der Waals surface area contributed by atoms with Gasteiger partial charge in [0.05, 0.1) is 49.1 Å². The molecule has 0 bridgehead atoms. The molecule has 1 aliphatic rings. The number of anilines is 1. The van der Waals surface area contributed by atoms with Gasteiger partial charge >= 0.3 is 0 Å². The maximum atomic E-state index is 13.1. The van der Waals surface area contributed by atoms with Gasteiger partial charge in [0.2, 0.25) is 11.9 Å². The quantitative estimate of drug-likeness (QED) is 0.756. The first-order chi connectivity index (χ1) is 12.6. The van der Waals surface area contributed by atoms with Crippen LogP contribution in [-0.2, 0) is 24.9 Å². The van der Waals surface area contributed by atoms with Crippen molar-refractivity contribution in [2.45, 2.75) is 19.0 Å². The fourth-order valence-corrected chi connectivity index (χ4v) is 3.79. The maximum absolute atomic E-state index is 13.1. The summed E-state index contributed by atoms with van der Waals surface area (Å²) in [6.07, 6.45) is 3.96. The summed E-state index contributed by atoms with van der Waals surface area (Å²) in [5, 5.41) is 4.98. The Labute approximate surface area is 153 Å². The molecule has 0 saturated heterocycles. The average molecular weight is 372 g/mol. The summed E-state index contributed by atoms with van der Waals surface area (Å²) in [4.78, 5) is 28.3. The molecular formula is C17H17FN6OS. The Morgan fingerprint density at radius 3 is 2.92 bits per heavy atom. The maximum Gasteiger partial charge on any atom is 0.231 e. The summed E-state index contributed by atoms with van der Waals surface area (Å²) in [6, 6.07) is 3.94. The van der Waals surface area contributed by atoms with Crippen LogP contribution in [-0.4, -0.2) is 32.0 Å². The number of aromatic nitrogens is 4. The monoisotopic (exact) mass is 372 g/mol. The number of hydrogen-bond acceptors (Lipinski definition) is 6. The smallest absolute Gasteiger partial charge is 0.231 e. The summed E-state index contributed by atoms with van der Waals surface area (Å²) < 4.78 is 15.0. The van der Waals surface area contributed by atoms with Gasteiger partial charge in [-0.1, -0.05) is 6.07 Å². The van der Waals surface area contributed by atoms with Crippen LogP contribution in [0.5, 0.6) is 0 Å². The van der Waals surface area contributed by atoms with Gasteiger partial charge in [0.15, 0.2) is 5.82 Å². The molecule has 7 nitrogen and oxygen atoms in total. The number of thiophene rings is 1. The molecule has 1 N–H and O–H groups in total. The number of imidazole rings is 1. The number of carbonyl (C=O) groups excluding carboxylic acids is 1. The Hall–Kier alpha value is -2.81. The van der Waals surface area contributed by atoms with Crippen molar-refractivity contribution in [2.75, 3.05) is 11.4 Å². The largest absolute Gasteiger partial charge is 0.351 e. The van der Waals surface area contributed by atoms with Gasteiger partial charge in [-0.05, 0) is 11.4 Å². The summed E-state index contributed by atoms with van der Waals surface area (Å²) >= 11 is 1.60. The molecule has 4 heterocycles. The molecule has 0 radical (unpaired) electrons. The van der Waals surface area contributed by atoms with Crippen molar-refractivity contribution in [3.05, 3.63) is 58.3 Å². The average Bonchev–Trinajstić information content (AvgIpc) is 3.30. The summed E-state index contributed by atoms with van der Waals surface area (Å²) in [6.45, 7) is 1.39. The molecule has 0 saturated carbocycles. The van der Waals surface area contributed by atoms with E-state index < -0.39 is 11.7 Å². The van der Waals surface area contributed by atoms with Crippen LogP contribution < -0.4 is 10.2 Å². The molecule has 1 atom stereocenters. The first-order valence-electron chi connectivity index (χ1n) is 8.14. The van der Waals surface area contributed by atoms with Crippen LogP contribution >= 0.6 is 11.3 Å². The SMILES string of the molecule is Cn1cnc2c1[C@@H](C(=O)NCc1cccs1)CN(c1ncc(F)cn1)C2. The topological polar surface area (TPSA) is 75.9 Å². The van der Waals surface area contributed by atoms with Crippen LogP contribution in [0.4, 0.5) is 10.3 Å². The predicted molar refractivity (Wildman–Crippen MR) is 95.2 cm³/mol. The van der Waals surface area contributed by atoms with E-state index in [1.54, 1.807) is 17.7 Å². The van der Waals surface area contributed by atoms with E-state index in [9.17, 15) is 9.18 Å². The molecule has 1 aliphatic heterocycles. The molecule has 0 unspecified atom stereocenters. The lowest BCUT2D eigenvalue weighted by molar-refractivity contribution is -0.122. The second-order valence-electron chi connectivity index (χ2n) is 6.12. The highest BCUT2D eigenvalue weighted by molar-refractivity contribution is 7.09. The lowest BCUT2D eigenvalue weighted by Crippen LogP contribution is -2.42. The van der Waals surface area contributed by atoms with Gasteiger partial charge in [0.1, 0.15) is 0 Å². The van der Waals surface area contributed by atoms with Crippen molar-refractivity contribution < 1.29 is 9.18 Å². The highest BCUT2D eigenvalue weighted by Crippen LogP contribution is 2.29. The first kappa shape index (κ1) is 16.6. The second-order valence-corrected chi connectivity index (χ2v) is 7.15. The summed E-state index contributed by atoms with van der Waals surface area (Å²) in [7, 11) is 1.88. The normalized spacial score (nSPS) is 16.4. The van der Waals surface area contributed by atoms with Gasteiger partial charge in [0.25, 0.3) is 0 Å². The minimum absolute atomic E-state index is 0.0740. The number of aryl methyl sites for hydroxylation is 1. The molecule has 3 aromatic rings. The molecule has 26 heavy (non-hydrogen) atoms. The summed E-state index contributed by atoms with van der Waals surface area (Å²) in [5.41, 5.74) is 1.70. The number of fused-ring (bicyclic) bond motifs is 1. The number of carbonyl (C=O) groups is 1. The number of hydrogen-bond donors (Lipinski definition) is 1. The Morgan fingerprint density at radius 1 is 1.38 bits per heavy atom. The highest BCUT2D eigenvalue weighted by Gasteiger charge is 2.34. The molecule has 1 amide bonds. The number of halogens is 1. The van der Waals surface area contributed by atoms with E-state index in [2.05, 4.69) is 20.3 Å². The van der Waals surface area contributed by atoms with E-state index in [1.165, 1.54) is 0 Å². The van der Waals surface area contributed by atoms with Gasteiger partial charge in [-0.25, -0.2) is 19.3 Å². The van der Waals surface area contributed by atoms with Gasteiger partial charge in [-0.2, -0.15) is 0 Å². The van der Waals surface area contributed by atoms with Crippen LogP contribution in [0.15, 0.2) is 36.2 Å². The van der Waals surface area contributed by atoms with E-state index in [0.29, 0.717) is 25.6 Å². The lowest BCUT2D eigenvalue weighted by Gasteiger charge is -2.32. The minimum atomic E-state index is -0.491. The van der Waals surface area contributed by atoms with Crippen LogP contribution in [0.3, 0.4) is 0 Å². The lowest BCUT2D eigenvalue weighted by atomic mass is 9.97. The number of nitrogens with zero attached hydrogens (tertiary/aromatic N) is 5. The fraction of sp³-hybridized carbons (Fsp3) is 0.294. The second kappa shape index (κ2) is 6.83. The highest BCUT2D eigenvalue weighted by atomic mass is 32.1.